The number of fused-ring (bicyclic) bond motifs is 1. The van der Waals surface area contributed by atoms with E-state index < -0.39 is 5.91 Å². The lowest BCUT2D eigenvalue weighted by molar-refractivity contribution is 0.1000. The summed E-state index contributed by atoms with van der Waals surface area (Å²) in [7, 11) is 0. The Morgan fingerprint density at radius 3 is 2.52 bits per heavy atom. The second kappa shape index (κ2) is 7.00. The van der Waals surface area contributed by atoms with E-state index in [2.05, 4.69) is 26.1 Å². The van der Waals surface area contributed by atoms with Crippen molar-refractivity contribution in [2.45, 2.75) is 46.0 Å². The number of hydrogen-bond donors (Lipinski definition) is 2. The van der Waals surface area contributed by atoms with Crippen molar-refractivity contribution in [1.82, 2.24) is 0 Å². The summed E-state index contributed by atoms with van der Waals surface area (Å²) in [5.41, 5.74) is 8.90. The number of amides is 2. The number of primary amides is 1. The monoisotopic (exact) mass is 356 g/mol. The van der Waals surface area contributed by atoms with E-state index in [9.17, 15) is 9.59 Å². The van der Waals surface area contributed by atoms with Crippen molar-refractivity contribution in [2.75, 3.05) is 5.32 Å². The summed E-state index contributed by atoms with van der Waals surface area (Å²) in [6.45, 7) is 6.44. The molecule has 0 bridgehead atoms. The average Bonchev–Trinajstić information content (AvgIpc) is 2.91. The van der Waals surface area contributed by atoms with Gasteiger partial charge in [-0.2, -0.15) is 0 Å². The molecule has 1 aliphatic rings. The fraction of sp³-hybridized carbons (Fsp3) is 0.400. The van der Waals surface area contributed by atoms with Gasteiger partial charge in [0.25, 0.3) is 11.8 Å². The number of carbonyl (C=O) groups is 2. The SMILES string of the molecule is CC(C)c1ccc(C(=O)Nc2sc3c(c2C(N)=O)CC[C@H](C)C3)cc1. The van der Waals surface area contributed by atoms with E-state index in [0.29, 0.717) is 28.0 Å². The number of nitrogens with one attached hydrogen (secondary N) is 1. The summed E-state index contributed by atoms with van der Waals surface area (Å²) < 4.78 is 0. The van der Waals surface area contributed by atoms with Crippen molar-refractivity contribution < 1.29 is 9.59 Å². The van der Waals surface area contributed by atoms with E-state index in [1.807, 2.05) is 24.3 Å². The molecule has 1 heterocycles. The Morgan fingerprint density at radius 1 is 1.24 bits per heavy atom. The summed E-state index contributed by atoms with van der Waals surface area (Å²) in [6.07, 6.45) is 2.84. The third-order valence-electron chi connectivity index (χ3n) is 4.82. The Hall–Kier alpha value is -2.14. The van der Waals surface area contributed by atoms with Gasteiger partial charge in [0, 0.05) is 10.4 Å². The lowest BCUT2D eigenvalue weighted by atomic mass is 9.88. The minimum Gasteiger partial charge on any atom is -0.365 e. The van der Waals surface area contributed by atoms with E-state index in [-0.39, 0.29) is 5.91 Å². The van der Waals surface area contributed by atoms with Crippen molar-refractivity contribution in [3.63, 3.8) is 0 Å². The quantitative estimate of drug-likeness (QED) is 0.855. The zero-order valence-electron chi connectivity index (χ0n) is 14.9. The van der Waals surface area contributed by atoms with Crippen LogP contribution in [0.1, 0.15) is 69.8 Å². The highest BCUT2D eigenvalue weighted by Crippen LogP contribution is 2.39. The Labute approximate surface area is 152 Å². The first-order valence-electron chi connectivity index (χ1n) is 8.72. The molecule has 0 saturated heterocycles. The normalized spacial score (nSPS) is 16.6. The van der Waals surface area contributed by atoms with Crippen LogP contribution < -0.4 is 11.1 Å². The van der Waals surface area contributed by atoms with Crippen LogP contribution in [-0.4, -0.2) is 11.8 Å². The van der Waals surface area contributed by atoms with Gasteiger partial charge >= 0.3 is 0 Å². The molecule has 3 N–H and O–H groups in total. The molecule has 1 aromatic heterocycles. The number of hydrogen-bond acceptors (Lipinski definition) is 3. The lowest BCUT2D eigenvalue weighted by Gasteiger charge is -2.18. The van der Waals surface area contributed by atoms with Crippen LogP contribution in [0.3, 0.4) is 0 Å². The Bertz CT molecular complexity index is 806. The van der Waals surface area contributed by atoms with Gasteiger partial charge in [-0.15, -0.1) is 11.3 Å². The molecule has 0 spiro atoms. The number of nitrogens with two attached hydrogens (primary N) is 1. The van der Waals surface area contributed by atoms with Gasteiger partial charge in [-0.3, -0.25) is 9.59 Å². The molecule has 0 aliphatic heterocycles. The molecule has 0 radical (unpaired) electrons. The van der Waals surface area contributed by atoms with Gasteiger partial charge in [0.15, 0.2) is 0 Å². The van der Waals surface area contributed by atoms with Crippen LogP contribution in [0.25, 0.3) is 0 Å². The van der Waals surface area contributed by atoms with E-state index in [1.54, 1.807) is 0 Å². The number of carbonyl (C=O) groups excluding carboxylic acids is 2. The molecule has 2 amide bonds. The van der Waals surface area contributed by atoms with Gasteiger partial charge in [0.2, 0.25) is 0 Å². The van der Waals surface area contributed by atoms with Crippen molar-refractivity contribution in [1.29, 1.82) is 0 Å². The number of benzene rings is 1. The van der Waals surface area contributed by atoms with Crippen LogP contribution >= 0.6 is 11.3 Å². The first kappa shape index (κ1) is 17.7. The molecule has 25 heavy (non-hydrogen) atoms. The van der Waals surface area contributed by atoms with Gasteiger partial charge in [-0.05, 0) is 54.4 Å². The lowest BCUT2D eigenvalue weighted by Crippen LogP contribution is -2.19. The molecule has 1 atom stereocenters. The number of rotatable bonds is 4. The van der Waals surface area contributed by atoms with Crippen LogP contribution in [0, 0.1) is 5.92 Å². The molecule has 132 valence electrons. The molecule has 0 unspecified atom stereocenters. The zero-order valence-corrected chi connectivity index (χ0v) is 15.7. The average molecular weight is 356 g/mol. The van der Waals surface area contributed by atoms with Crippen molar-refractivity contribution in [3.05, 3.63) is 51.4 Å². The van der Waals surface area contributed by atoms with E-state index in [1.165, 1.54) is 21.8 Å². The number of anilines is 1. The summed E-state index contributed by atoms with van der Waals surface area (Å²) >= 11 is 1.49. The van der Waals surface area contributed by atoms with Gasteiger partial charge < -0.3 is 11.1 Å². The molecule has 1 aliphatic carbocycles. The maximum atomic E-state index is 12.6. The maximum absolute atomic E-state index is 12.6. The molecule has 1 aromatic carbocycles. The number of thiophene rings is 1. The Kier molecular flexibility index (Phi) is 4.95. The smallest absolute Gasteiger partial charge is 0.256 e. The molecule has 0 saturated carbocycles. The van der Waals surface area contributed by atoms with Crippen molar-refractivity contribution >= 4 is 28.2 Å². The molecule has 5 heteroatoms. The van der Waals surface area contributed by atoms with Gasteiger partial charge in [-0.25, -0.2) is 0 Å². The first-order valence-corrected chi connectivity index (χ1v) is 9.54. The third kappa shape index (κ3) is 3.61. The minimum atomic E-state index is -0.461. The maximum Gasteiger partial charge on any atom is 0.256 e. The van der Waals surface area contributed by atoms with Crippen molar-refractivity contribution in [2.24, 2.45) is 11.7 Å². The summed E-state index contributed by atoms with van der Waals surface area (Å²) in [6, 6.07) is 7.58. The van der Waals surface area contributed by atoms with Crippen LogP contribution in [0.4, 0.5) is 5.00 Å². The molecular weight excluding hydrogens is 332 g/mol. The van der Waals surface area contributed by atoms with Crippen molar-refractivity contribution in [3.8, 4) is 0 Å². The standard InChI is InChI=1S/C20H24N2O2S/c1-11(2)13-5-7-14(8-6-13)19(24)22-20-17(18(21)23)15-9-4-12(3)10-16(15)25-20/h5-8,11-12H,4,9-10H2,1-3H3,(H2,21,23)(H,22,24)/t12-/m0/s1. The second-order valence-electron chi connectivity index (χ2n) is 7.15. The van der Waals surface area contributed by atoms with Crippen LogP contribution in [0.15, 0.2) is 24.3 Å². The van der Waals surface area contributed by atoms with E-state index >= 15 is 0 Å². The highest BCUT2D eigenvalue weighted by molar-refractivity contribution is 7.17. The zero-order chi connectivity index (χ0) is 18.1. The Morgan fingerprint density at radius 2 is 1.92 bits per heavy atom. The predicted octanol–water partition coefficient (Wildman–Crippen LogP) is 4.35. The third-order valence-corrected chi connectivity index (χ3v) is 5.99. The molecular formula is C20H24N2O2S. The van der Waals surface area contributed by atoms with Gasteiger partial charge in [0.05, 0.1) is 5.56 Å². The van der Waals surface area contributed by atoms with Crippen LogP contribution in [0.5, 0.6) is 0 Å². The molecule has 2 aromatic rings. The van der Waals surface area contributed by atoms with Crippen LogP contribution in [-0.2, 0) is 12.8 Å². The molecule has 3 rings (SSSR count). The van der Waals surface area contributed by atoms with E-state index in [0.717, 1.165) is 24.8 Å². The second-order valence-corrected chi connectivity index (χ2v) is 8.26. The van der Waals surface area contributed by atoms with E-state index in [4.69, 9.17) is 5.73 Å². The Balaban J connectivity index is 1.87. The topological polar surface area (TPSA) is 72.2 Å². The predicted molar refractivity (Wildman–Crippen MR) is 103 cm³/mol. The summed E-state index contributed by atoms with van der Waals surface area (Å²) in [5, 5.41) is 3.50. The molecule has 4 nitrogen and oxygen atoms in total. The summed E-state index contributed by atoms with van der Waals surface area (Å²) in [4.78, 5) is 25.7. The minimum absolute atomic E-state index is 0.204. The molecule has 0 fully saturated rings. The van der Waals surface area contributed by atoms with Gasteiger partial charge in [0.1, 0.15) is 5.00 Å². The highest BCUT2D eigenvalue weighted by atomic mass is 32.1. The largest absolute Gasteiger partial charge is 0.365 e. The van der Waals surface area contributed by atoms with Crippen LogP contribution in [0.2, 0.25) is 0 Å². The summed E-state index contributed by atoms with van der Waals surface area (Å²) in [5.74, 6) is 0.352. The first-order chi connectivity index (χ1) is 11.9. The highest BCUT2D eigenvalue weighted by Gasteiger charge is 2.27. The fourth-order valence-corrected chi connectivity index (χ4v) is 4.71. The fourth-order valence-electron chi connectivity index (χ4n) is 3.29. The van der Waals surface area contributed by atoms with Gasteiger partial charge in [-0.1, -0.05) is 32.9 Å².